The molecule has 0 aliphatic carbocycles. The van der Waals surface area contributed by atoms with Gasteiger partial charge in [-0.1, -0.05) is 48.0 Å². The maximum atomic E-state index is 15.0. The van der Waals surface area contributed by atoms with Gasteiger partial charge in [0.05, 0.1) is 22.2 Å². The number of nitrogens with zero attached hydrogens (tertiary/aromatic N) is 2. The van der Waals surface area contributed by atoms with Gasteiger partial charge in [0, 0.05) is 42.9 Å². The van der Waals surface area contributed by atoms with E-state index in [2.05, 4.69) is 22.3 Å². The average molecular weight is 422 g/mol. The van der Waals surface area contributed by atoms with Crippen LogP contribution < -0.4 is 10.2 Å². The highest BCUT2D eigenvalue weighted by atomic mass is 35.5. The lowest BCUT2D eigenvalue weighted by Crippen LogP contribution is -2.57. The van der Waals surface area contributed by atoms with Crippen LogP contribution in [0.15, 0.2) is 54.6 Å². The molecule has 0 bridgehead atoms. The quantitative estimate of drug-likeness (QED) is 0.631. The third-order valence-corrected chi connectivity index (χ3v) is 6.57. The van der Waals surface area contributed by atoms with E-state index in [-0.39, 0.29) is 21.7 Å². The summed E-state index contributed by atoms with van der Waals surface area (Å²) in [6, 6.07) is 17.8. The van der Waals surface area contributed by atoms with E-state index < -0.39 is 17.2 Å². The Morgan fingerprint density at radius 2 is 1.83 bits per heavy atom. The molecule has 0 saturated carbocycles. The van der Waals surface area contributed by atoms with E-state index in [9.17, 15) is 14.0 Å². The Balaban J connectivity index is 1.80. The van der Waals surface area contributed by atoms with E-state index in [1.807, 2.05) is 24.3 Å². The molecule has 2 aliphatic rings. The smallest absolute Gasteiger partial charge is 0.144 e. The molecule has 3 aromatic carbocycles. The molecule has 30 heavy (non-hydrogen) atoms. The van der Waals surface area contributed by atoms with E-state index in [0.29, 0.717) is 25.2 Å². The fraction of sp³-hybridized carbons (Fsp3) is 0.208. The number of halogens is 3. The number of piperazine rings is 1. The molecule has 2 heterocycles. The molecule has 3 nitrogen and oxygen atoms in total. The first kappa shape index (κ1) is 19.0. The molecule has 0 unspecified atom stereocenters. The summed E-state index contributed by atoms with van der Waals surface area (Å²) in [6.45, 7) is 2.12. The Morgan fingerprint density at radius 3 is 2.60 bits per heavy atom. The third kappa shape index (κ3) is 2.64. The highest BCUT2D eigenvalue weighted by Gasteiger charge is 2.48. The van der Waals surface area contributed by atoms with Crippen LogP contribution in [-0.4, -0.2) is 19.6 Å². The van der Waals surface area contributed by atoms with Crippen molar-refractivity contribution in [2.24, 2.45) is 0 Å². The molecule has 3 aromatic rings. The predicted octanol–water partition coefficient (Wildman–Crippen LogP) is 5.02. The van der Waals surface area contributed by atoms with Crippen LogP contribution in [0.4, 0.5) is 14.5 Å². The van der Waals surface area contributed by atoms with Gasteiger partial charge in [-0.15, -0.1) is 0 Å². The number of hydrogen-bond acceptors (Lipinski definition) is 3. The monoisotopic (exact) mass is 421 g/mol. The zero-order chi connectivity index (χ0) is 20.9. The van der Waals surface area contributed by atoms with Crippen molar-refractivity contribution in [1.29, 1.82) is 5.26 Å². The largest absolute Gasteiger partial charge is 0.359 e. The summed E-state index contributed by atoms with van der Waals surface area (Å²) in [6.07, 6.45) is 0.536. The number of nitrogens with one attached hydrogen (secondary N) is 1. The predicted molar refractivity (Wildman–Crippen MR) is 114 cm³/mol. The number of fused-ring (bicyclic) bond motifs is 3. The topological polar surface area (TPSA) is 39.1 Å². The highest BCUT2D eigenvalue weighted by molar-refractivity contribution is 6.34. The third-order valence-electron chi connectivity index (χ3n) is 6.21. The SMILES string of the molecule is N#Cc1cccc(F)c1-c1c(Cl)c(F)cc2c1C[C@]1(c3ccccc3)CNCCN21. The number of hydrogen-bond donors (Lipinski definition) is 1. The van der Waals surface area contributed by atoms with E-state index in [1.54, 1.807) is 0 Å². The molecule has 6 heteroatoms. The number of anilines is 1. The van der Waals surface area contributed by atoms with Gasteiger partial charge in [-0.25, -0.2) is 8.78 Å². The minimum absolute atomic E-state index is 0.0665. The Hall–Kier alpha value is -2.94. The van der Waals surface area contributed by atoms with E-state index in [1.165, 1.54) is 24.3 Å². The van der Waals surface area contributed by atoms with Gasteiger partial charge in [-0.2, -0.15) is 5.26 Å². The molecule has 2 aliphatic heterocycles. The van der Waals surface area contributed by atoms with Gasteiger partial charge in [0.2, 0.25) is 0 Å². The summed E-state index contributed by atoms with van der Waals surface area (Å²) in [5.41, 5.74) is 2.65. The fourth-order valence-corrected chi connectivity index (χ4v) is 5.17. The van der Waals surface area contributed by atoms with Crippen LogP contribution in [-0.2, 0) is 12.0 Å². The lowest BCUT2D eigenvalue weighted by atomic mass is 9.83. The fourth-order valence-electron chi connectivity index (χ4n) is 4.91. The summed E-state index contributed by atoms with van der Waals surface area (Å²) >= 11 is 6.42. The average Bonchev–Trinajstić information content (AvgIpc) is 3.11. The van der Waals surface area contributed by atoms with Gasteiger partial charge >= 0.3 is 0 Å². The van der Waals surface area contributed by atoms with Crippen LogP contribution in [0.1, 0.15) is 16.7 Å². The van der Waals surface area contributed by atoms with Gasteiger partial charge in [-0.05, 0) is 29.3 Å². The summed E-state index contributed by atoms with van der Waals surface area (Å²) in [5.74, 6) is -1.19. The molecular formula is C24H18ClF2N3. The van der Waals surface area contributed by atoms with Crippen molar-refractivity contribution in [2.45, 2.75) is 12.0 Å². The first-order valence-electron chi connectivity index (χ1n) is 9.80. The van der Waals surface area contributed by atoms with Crippen molar-refractivity contribution >= 4 is 17.3 Å². The van der Waals surface area contributed by atoms with Gasteiger partial charge in [0.25, 0.3) is 0 Å². The maximum Gasteiger partial charge on any atom is 0.144 e. The molecule has 1 saturated heterocycles. The van der Waals surface area contributed by atoms with Gasteiger partial charge in [-0.3, -0.25) is 0 Å². The molecule has 150 valence electrons. The second-order valence-electron chi connectivity index (χ2n) is 7.72. The Morgan fingerprint density at radius 1 is 1.03 bits per heavy atom. The zero-order valence-electron chi connectivity index (χ0n) is 16.1. The van der Waals surface area contributed by atoms with Crippen LogP contribution >= 0.6 is 11.6 Å². The summed E-state index contributed by atoms with van der Waals surface area (Å²) < 4.78 is 29.9. The molecule has 1 fully saturated rings. The number of nitriles is 1. The second kappa shape index (κ2) is 7.09. The van der Waals surface area contributed by atoms with Crippen LogP contribution in [0.2, 0.25) is 5.02 Å². The minimum Gasteiger partial charge on any atom is -0.359 e. The Bertz CT molecular complexity index is 1190. The molecule has 5 rings (SSSR count). The van der Waals surface area contributed by atoms with Crippen LogP contribution in [0.25, 0.3) is 11.1 Å². The van der Waals surface area contributed by atoms with Crippen LogP contribution in [0, 0.1) is 23.0 Å². The van der Waals surface area contributed by atoms with Gasteiger partial charge < -0.3 is 10.2 Å². The highest BCUT2D eigenvalue weighted by Crippen LogP contribution is 2.52. The summed E-state index contributed by atoms with van der Waals surface area (Å²) in [5, 5.41) is 12.9. The van der Waals surface area contributed by atoms with E-state index in [4.69, 9.17) is 11.6 Å². The molecule has 0 amide bonds. The second-order valence-corrected chi connectivity index (χ2v) is 8.10. The molecule has 1 atom stereocenters. The number of rotatable bonds is 2. The first-order chi connectivity index (χ1) is 14.6. The zero-order valence-corrected chi connectivity index (χ0v) is 16.8. The minimum atomic E-state index is -0.611. The van der Waals surface area contributed by atoms with E-state index >= 15 is 0 Å². The van der Waals surface area contributed by atoms with Crippen molar-refractivity contribution in [3.05, 3.63) is 87.9 Å². The van der Waals surface area contributed by atoms with E-state index in [0.717, 1.165) is 17.7 Å². The maximum absolute atomic E-state index is 15.0. The van der Waals surface area contributed by atoms with Crippen molar-refractivity contribution in [1.82, 2.24) is 5.32 Å². The number of benzene rings is 3. The summed E-state index contributed by atoms with van der Waals surface area (Å²) in [4.78, 5) is 2.20. The van der Waals surface area contributed by atoms with Crippen molar-refractivity contribution < 1.29 is 8.78 Å². The van der Waals surface area contributed by atoms with Crippen molar-refractivity contribution in [2.75, 3.05) is 24.5 Å². The molecule has 0 spiro atoms. The molecular weight excluding hydrogens is 404 g/mol. The molecule has 1 N–H and O–H groups in total. The Labute approximate surface area is 178 Å². The lowest BCUT2D eigenvalue weighted by molar-refractivity contribution is 0.350. The van der Waals surface area contributed by atoms with Gasteiger partial charge in [0.15, 0.2) is 0 Å². The lowest BCUT2D eigenvalue weighted by Gasteiger charge is -2.45. The van der Waals surface area contributed by atoms with Gasteiger partial charge in [0.1, 0.15) is 11.6 Å². The van der Waals surface area contributed by atoms with Crippen LogP contribution in [0.3, 0.4) is 0 Å². The van der Waals surface area contributed by atoms with Crippen molar-refractivity contribution in [3.8, 4) is 17.2 Å². The summed E-state index contributed by atoms with van der Waals surface area (Å²) in [7, 11) is 0. The van der Waals surface area contributed by atoms with Crippen LogP contribution in [0.5, 0.6) is 0 Å². The normalized spacial score (nSPS) is 19.9. The molecule has 0 aromatic heterocycles. The standard InChI is InChI=1S/C24H18ClF2N3/c25-23-19(27)11-20-17(22(23)21-15(13-28)5-4-8-18(21)26)12-24(14-29-9-10-30(20)24)16-6-2-1-3-7-16/h1-8,11,29H,9-10,12,14H2/t24-/m1/s1. The molecule has 0 radical (unpaired) electrons. The first-order valence-corrected chi connectivity index (χ1v) is 10.2. The van der Waals surface area contributed by atoms with Crippen molar-refractivity contribution in [3.63, 3.8) is 0 Å². The Kier molecular flexibility index (Phi) is 4.50.